The topological polar surface area (TPSA) is 130 Å². The van der Waals surface area contributed by atoms with Gasteiger partial charge in [-0.05, 0) is 43.3 Å². The number of alkyl halides is 2. The third-order valence-corrected chi connectivity index (χ3v) is 5.86. The molecule has 10 nitrogen and oxygen atoms in total. The number of hydrogen-bond acceptors (Lipinski definition) is 7. The van der Waals surface area contributed by atoms with Gasteiger partial charge >= 0.3 is 23.6 Å². The second kappa shape index (κ2) is 9.32. The molecule has 0 unspecified atom stereocenters. The van der Waals surface area contributed by atoms with Crippen LogP contribution in [-0.2, 0) is 24.2 Å². The number of carbonyl (C=O) groups is 4. The number of para-hydroxylation sites is 2. The molecule has 1 heterocycles. The fourth-order valence-corrected chi connectivity index (χ4v) is 3.67. The maximum absolute atomic E-state index is 12.7. The van der Waals surface area contributed by atoms with Gasteiger partial charge in [0.25, 0.3) is 0 Å². The summed E-state index contributed by atoms with van der Waals surface area (Å²) in [7, 11) is -4.80. The molecule has 1 aliphatic rings. The molecule has 0 bridgehead atoms. The molecule has 0 saturated carbocycles. The van der Waals surface area contributed by atoms with Crippen molar-refractivity contribution in [2.45, 2.75) is 17.6 Å². The fraction of sp³-hybridized carbons (Fsp3) is 0.200. The van der Waals surface area contributed by atoms with Crippen molar-refractivity contribution in [1.82, 2.24) is 4.90 Å². The van der Waals surface area contributed by atoms with E-state index < -0.39 is 50.8 Å². The summed E-state index contributed by atoms with van der Waals surface area (Å²) in [6, 6.07) is 8.90. The second-order valence-corrected chi connectivity index (χ2v) is 8.51. The number of rotatable bonds is 8. The molecular weight excluding hydrogens is 464 g/mol. The molecular formula is C20H17F2N3O7S. The van der Waals surface area contributed by atoms with Gasteiger partial charge in [0, 0.05) is 5.69 Å². The lowest BCUT2D eigenvalue weighted by Crippen LogP contribution is -2.39. The zero-order valence-corrected chi connectivity index (χ0v) is 17.8. The Morgan fingerprint density at radius 1 is 1.03 bits per heavy atom. The first-order valence-corrected chi connectivity index (χ1v) is 11.0. The van der Waals surface area contributed by atoms with Crippen molar-refractivity contribution in [2.24, 2.45) is 0 Å². The monoisotopic (exact) mass is 481 g/mol. The van der Waals surface area contributed by atoms with E-state index in [9.17, 15) is 36.4 Å². The second-order valence-electron chi connectivity index (χ2n) is 6.59. The van der Waals surface area contributed by atoms with Crippen molar-refractivity contribution >= 4 is 45.0 Å². The van der Waals surface area contributed by atoms with E-state index in [0.717, 1.165) is 24.3 Å². The number of carbonyl (C=O) groups excluding carboxylic acids is 4. The molecule has 1 saturated heterocycles. The summed E-state index contributed by atoms with van der Waals surface area (Å²) in [5, 5.41) is 2.30. The highest BCUT2D eigenvalue weighted by Gasteiger charge is 2.47. The number of sulfone groups is 1. The third kappa shape index (κ3) is 4.67. The lowest BCUT2D eigenvalue weighted by Gasteiger charge is -2.18. The summed E-state index contributed by atoms with van der Waals surface area (Å²) in [4.78, 5) is 50.2. The Balaban J connectivity index is 1.74. The minimum absolute atomic E-state index is 0.0252. The van der Waals surface area contributed by atoms with Crippen LogP contribution in [0.3, 0.4) is 0 Å². The predicted molar refractivity (Wildman–Crippen MR) is 110 cm³/mol. The first-order valence-electron chi connectivity index (χ1n) is 9.41. The van der Waals surface area contributed by atoms with Gasteiger partial charge in [0.05, 0.1) is 17.2 Å². The molecule has 0 atom stereocenters. The summed E-state index contributed by atoms with van der Waals surface area (Å²) < 4.78 is 53.5. The standard InChI is InChI=1S/C20H17F2N3O7S/c1-2-32-15-6-4-3-5-14(15)25-18(28)17(27)24(20(25)29)11-16(26)23-12-7-9-13(10-8-12)33(30,31)19(21)22/h3-10,19H,2,11H2,1H3,(H,23,26). The van der Waals surface area contributed by atoms with Gasteiger partial charge in [-0.2, -0.15) is 8.78 Å². The number of nitrogens with one attached hydrogen (secondary N) is 1. The van der Waals surface area contributed by atoms with Gasteiger partial charge in [0.2, 0.25) is 15.7 Å². The van der Waals surface area contributed by atoms with Crippen molar-refractivity contribution in [1.29, 1.82) is 0 Å². The maximum atomic E-state index is 12.7. The van der Waals surface area contributed by atoms with Crippen LogP contribution < -0.4 is 15.0 Å². The van der Waals surface area contributed by atoms with Gasteiger partial charge in [0.15, 0.2) is 0 Å². The van der Waals surface area contributed by atoms with E-state index in [1.165, 1.54) is 18.2 Å². The molecule has 1 fully saturated rings. The zero-order valence-electron chi connectivity index (χ0n) is 17.0. The smallest absolute Gasteiger partial charge is 0.341 e. The highest BCUT2D eigenvalue weighted by Crippen LogP contribution is 2.31. The van der Waals surface area contributed by atoms with Crippen molar-refractivity contribution in [3.05, 3.63) is 48.5 Å². The highest BCUT2D eigenvalue weighted by atomic mass is 32.2. The number of benzene rings is 2. The normalized spacial score (nSPS) is 14.2. The van der Waals surface area contributed by atoms with Crippen LogP contribution >= 0.6 is 0 Å². The number of nitrogens with zero attached hydrogens (tertiary/aromatic N) is 2. The van der Waals surface area contributed by atoms with Gasteiger partial charge < -0.3 is 10.1 Å². The number of halogens is 2. The van der Waals surface area contributed by atoms with E-state index in [4.69, 9.17) is 4.74 Å². The molecule has 0 aromatic heterocycles. The van der Waals surface area contributed by atoms with Crippen LogP contribution in [0.4, 0.5) is 25.0 Å². The molecule has 0 radical (unpaired) electrons. The molecule has 2 aromatic rings. The van der Waals surface area contributed by atoms with Crippen LogP contribution in [0.25, 0.3) is 0 Å². The minimum atomic E-state index is -4.80. The Hall–Kier alpha value is -3.87. The van der Waals surface area contributed by atoms with Crippen LogP contribution in [0.5, 0.6) is 5.75 Å². The summed E-state index contributed by atoms with van der Waals surface area (Å²) in [6.07, 6.45) is 0. The predicted octanol–water partition coefficient (Wildman–Crippen LogP) is 2.02. The quantitative estimate of drug-likeness (QED) is 0.451. The summed E-state index contributed by atoms with van der Waals surface area (Å²) >= 11 is 0. The molecule has 0 aliphatic carbocycles. The van der Waals surface area contributed by atoms with E-state index in [1.54, 1.807) is 13.0 Å². The lowest BCUT2D eigenvalue weighted by atomic mass is 10.2. The molecule has 2 aromatic carbocycles. The molecule has 1 aliphatic heterocycles. The average Bonchev–Trinajstić information content (AvgIpc) is 2.98. The Morgan fingerprint density at radius 2 is 1.67 bits per heavy atom. The lowest BCUT2D eigenvalue weighted by molar-refractivity contribution is -0.140. The van der Waals surface area contributed by atoms with Gasteiger partial charge in [-0.3, -0.25) is 14.4 Å². The van der Waals surface area contributed by atoms with Crippen LogP contribution in [0.1, 0.15) is 6.92 Å². The van der Waals surface area contributed by atoms with Gasteiger partial charge in [-0.25, -0.2) is 23.0 Å². The number of urea groups is 1. The van der Waals surface area contributed by atoms with Crippen molar-refractivity contribution in [3.8, 4) is 5.75 Å². The van der Waals surface area contributed by atoms with Gasteiger partial charge in [0.1, 0.15) is 12.3 Å². The largest absolute Gasteiger partial charge is 0.492 e. The number of imide groups is 2. The van der Waals surface area contributed by atoms with E-state index in [0.29, 0.717) is 9.80 Å². The van der Waals surface area contributed by atoms with E-state index in [1.807, 2.05) is 0 Å². The van der Waals surface area contributed by atoms with Gasteiger partial charge in [-0.15, -0.1) is 0 Å². The van der Waals surface area contributed by atoms with E-state index >= 15 is 0 Å². The van der Waals surface area contributed by atoms with Crippen LogP contribution in [0.15, 0.2) is 53.4 Å². The van der Waals surface area contributed by atoms with Crippen molar-refractivity contribution in [2.75, 3.05) is 23.4 Å². The Kier molecular flexibility index (Phi) is 6.72. The molecule has 5 amide bonds. The Labute approximate surface area is 186 Å². The summed E-state index contributed by atoms with van der Waals surface area (Å²) in [5.74, 6) is -6.67. The van der Waals surface area contributed by atoms with Gasteiger partial charge in [-0.1, -0.05) is 12.1 Å². The van der Waals surface area contributed by atoms with Crippen LogP contribution in [-0.4, -0.2) is 56.0 Å². The number of amides is 5. The van der Waals surface area contributed by atoms with E-state index in [2.05, 4.69) is 5.32 Å². The van der Waals surface area contributed by atoms with Crippen molar-refractivity contribution in [3.63, 3.8) is 0 Å². The van der Waals surface area contributed by atoms with Crippen LogP contribution in [0, 0.1) is 0 Å². The zero-order chi connectivity index (χ0) is 24.3. The van der Waals surface area contributed by atoms with Crippen molar-refractivity contribution < 1.29 is 41.1 Å². The van der Waals surface area contributed by atoms with E-state index in [-0.39, 0.29) is 23.7 Å². The first kappa shape index (κ1) is 23.8. The Bertz CT molecular complexity index is 1220. The first-order chi connectivity index (χ1) is 15.6. The molecule has 174 valence electrons. The molecule has 3 rings (SSSR count). The third-order valence-electron chi connectivity index (χ3n) is 4.46. The maximum Gasteiger partial charge on any atom is 0.341 e. The van der Waals surface area contributed by atoms with Crippen LogP contribution in [0.2, 0.25) is 0 Å². The molecule has 33 heavy (non-hydrogen) atoms. The summed E-state index contributed by atoms with van der Waals surface area (Å²) in [5.41, 5.74) is 0.0682. The summed E-state index contributed by atoms with van der Waals surface area (Å²) in [6.45, 7) is 1.13. The highest BCUT2D eigenvalue weighted by molar-refractivity contribution is 7.91. The average molecular weight is 481 g/mol. The molecule has 13 heteroatoms. The number of anilines is 2. The number of hydrogen-bond donors (Lipinski definition) is 1. The number of ether oxygens (including phenoxy) is 1. The molecule has 1 N–H and O–H groups in total. The minimum Gasteiger partial charge on any atom is -0.492 e. The molecule has 0 spiro atoms. The SMILES string of the molecule is CCOc1ccccc1N1C(=O)C(=O)N(CC(=O)Nc2ccc(S(=O)(=O)C(F)F)cc2)C1=O. The fourth-order valence-electron chi connectivity index (χ4n) is 2.95. The Morgan fingerprint density at radius 3 is 2.27 bits per heavy atom.